The summed E-state index contributed by atoms with van der Waals surface area (Å²) in [6.07, 6.45) is 0. The molecule has 0 aliphatic heterocycles. The third kappa shape index (κ3) is 3.04. The number of halogens is 1. The lowest BCUT2D eigenvalue weighted by molar-refractivity contribution is 0.630. The topological polar surface area (TPSA) is 29.0 Å². The lowest BCUT2D eigenvalue weighted by Crippen LogP contribution is -2.07. The van der Waals surface area contributed by atoms with Crippen LogP contribution in [0, 0.1) is 5.82 Å². The molecular weight excluding hydrogens is 389 g/mol. The molecule has 0 aliphatic rings. The fourth-order valence-corrected chi connectivity index (χ4v) is 5.10. The summed E-state index contributed by atoms with van der Waals surface area (Å²) in [4.78, 5) is 11.5. The largest absolute Gasteiger partial charge is 0.378 e. The quantitative estimate of drug-likeness (QED) is 0.346. The van der Waals surface area contributed by atoms with Crippen LogP contribution >= 0.6 is 22.7 Å². The van der Waals surface area contributed by atoms with E-state index in [0.29, 0.717) is 0 Å². The van der Waals surface area contributed by atoms with E-state index in [1.807, 2.05) is 26.2 Å². The predicted molar refractivity (Wildman–Crippen MR) is 118 cm³/mol. The summed E-state index contributed by atoms with van der Waals surface area (Å²) in [5.74, 6) is -0.231. The van der Waals surface area contributed by atoms with Crippen LogP contribution in [0.2, 0.25) is 0 Å². The molecule has 2 aromatic heterocycles. The van der Waals surface area contributed by atoms with Gasteiger partial charge in [-0.1, -0.05) is 0 Å². The summed E-state index contributed by atoms with van der Waals surface area (Å²) >= 11 is 3.18. The van der Waals surface area contributed by atoms with Gasteiger partial charge in [0.25, 0.3) is 0 Å². The first-order chi connectivity index (χ1) is 13.6. The number of aromatic nitrogens is 2. The highest BCUT2D eigenvalue weighted by atomic mass is 32.1. The number of anilines is 1. The Labute approximate surface area is 169 Å². The molecule has 0 bridgehead atoms. The van der Waals surface area contributed by atoms with E-state index in [2.05, 4.69) is 40.2 Å². The molecule has 138 valence electrons. The second-order valence-electron chi connectivity index (χ2n) is 6.77. The molecule has 0 aliphatic carbocycles. The van der Waals surface area contributed by atoms with Gasteiger partial charge in [-0.2, -0.15) is 0 Å². The average molecular weight is 406 g/mol. The first kappa shape index (κ1) is 17.3. The van der Waals surface area contributed by atoms with Crippen LogP contribution in [0.25, 0.3) is 41.6 Å². The molecule has 2 heterocycles. The van der Waals surface area contributed by atoms with Crippen LogP contribution in [0.5, 0.6) is 0 Å². The number of hydrogen-bond donors (Lipinski definition) is 0. The van der Waals surface area contributed by atoms with Crippen molar-refractivity contribution in [2.75, 3.05) is 19.0 Å². The van der Waals surface area contributed by atoms with Gasteiger partial charge in [0.15, 0.2) is 0 Å². The molecule has 5 rings (SSSR count). The molecule has 0 radical (unpaired) electrons. The van der Waals surface area contributed by atoms with Gasteiger partial charge >= 0.3 is 0 Å². The van der Waals surface area contributed by atoms with Gasteiger partial charge in [0, 0.05) is 30.9 Å². The SMILES string of the molecule is CN(C)c1ccc(-c2nc3ccc(-c4nc5ccc(F)cc5s4)cc3s2)cc1. The number of benzene rings is 3. The minimum atomic E-state index is -0.231. The van der Waals surface area contributed by atoms with E-state index in [1.54, 1.807) is 17.4 Å². The maximum atomic E-state index is 13.5. The van der Waals surface area contributed by atoms with Crippen LogP contribution < -0.4 is 4.90 Å². The summed E-state index contributed by atoms with van der Waals surface area (Å²) in [5, 5.41) is 1.90. The van der Waals surface area contributed by atoms with Crippen molar-refractivity contribution in [3.8, 4) is 21.1 Å². The molecule has 0 spiro atoms. The van der Waals surface area contributed by atoms with Crippen LogP contribution in [0.1, 0.15) is 0 Å². The van der Waals surface area contributed by atoms with Crippen molar-refractivity contribution < 1.29 is 4.39 Å². The van der Waals surface area contributed by atoms with Crippen LogP contribution in [0.15, 0.2) is 60.7 Å². The second kappa shape index (κ2) is 6.65. The van der Waals surface area contributed by atoms with Gasteiger partial charge in [0.05, 0.1) is 20.4 Å². The first-order valence-electron chi connectivity index (χ1n) is 8.82. The Kier molecular flexibility index (Phi) is 4.10. The Morgan fingerprint density at radius 3 is 1.96 bits per heavy atom. The molecule has 6 heteroatoms. The van der Waals surface area contributed by atoms with Crippen molar-refractivity contribution in [3.05, 3.63) is 66.5 Å². The summed E-state index contributed by atoms with van der Waals surface area (Å²) < 4.78 is 15.4. The zero-order valence-electron chi connectivity index (χ0n) is 15.3. The number of fused-ring (bicyclic) bond motifs is 2. The number of thiazole rings is 2. The average Bonchev–Trinajstić information content (AvgIpc) is 3.31. The van der Waals surface area contributed by atoms with E-state index in [4.69, 9.17) is 4.98 Å². The fraction of sp³-hybridized carbons (Fsp3) is 0.0909. The smallest absolute Gasteiger partial charge is 0.124 e. The van der Waals surface area contributed by atoms with Gasteiger partial charge in [0.2, 0.25) is 0 Å². The zero-order chi connectivity index (χ0) is 19.3. The highest BCUT2D eigenvalue weighted by Crippen LogP contribution is 2.36. The van der Waals surface area contributed by atoms with Gasteiger partial charge in [-0.25, -0.2) is 14.4 Å². The summed E-state index contributed by atoms with van der Waals surface area (Å²) in [5.41, 5.74) is 5.12. The zero-order valence-corrected chi connectivity index (χ0v) is 16.9. The number of nitrogens with zero attached hydrogens (tertiary/aromatic N) is 3. The maximum Gasteiger partial charge on any atom is 0.124 e. The van der Waals surface area contributed by atoms with E-state index in [-0.39, 0.29) is 5.82 Å². The number of hydrogen-bond acceptors (Lipinski definition) is 5. The Morgan fingerprint density at radius 1 is 0.714 bits per heavy atom. The molecule has 28 heavy (non-hydrogen) atoms. The third-order valence-corrected chi connectivity index (χ3v) is 6.75. The van der Waals surface area contributed by atoms with E-state index < -0.39 is 0 Å². The van der Waals surface area contributed by atoms with Gasteiger partial charge in [0.1, 0.15) is 15.8 Å². The second-order valence-corrected chi connectivity index (χ2v) is 8.84. The Balaban J connectivity index is 1.54. The van der Waals surface area contributed by atoms with E-state index in [9.17, 15) is 4.39 Å². The van der Waals surface area contributed by atoms with Gasteiger partial charge in [-0.15, -0.1) is 22.7 Å². The van der Waals surface area contributed by atoms with Crippen molar-refractivity contribution in [3.63, 3.8) is 0 Å². The van der Waals surface area contributed by atoms with E-state index in [1.165, 1.54) is 29.2 Å². The summed E-state index contributed by atoms with van der Waals surface area (Å²) in [6.45, 7) is 0. The normalized spacial score (nSPS) is 11.4. The monoisotopic (exact) mass is 405 g/mol. The molecule has 0 N–H and O–H groups in total. The minimum Gasteiger partial charge on any atom is -0.378 e. The molecule has 0 atom stereocenters. The summed E-state index contributed by atoms with van der Waals surface area (Å²) in [7, 11) is 4.06. The van der Waals surface area contributed by atoms with Crippen molar-refractivity contribution in [2.24, 2.45) is 0 Å². The van der Waals surface area contributed by atoms with Crippen molar-refractivity contribution in [1.29, 1.82) is 0 Å². The van der Waals surface area contributed by atoms with Crippen molar-refractivity contribution >= 4 is 48.8 Å². The molecule has 0 unspecified atom stereocenters. The van der Waals surface area contributed by atoms with Gasteiger partial charge in [-0.05, 0) is 60.7 Å². The van der Waals surface area contributed by atoms with Gasteiger partial charge in [-0.3, -0.25) is 0 Å². The molecule has 3 aromatic carbocycles. The Bertz CT molecular complexity index is 1300. The molecule has 0 saturated carbocycles. The van der Waals surface area contributed by atoms with E-state index in [0.717, 1.165) is 41.6 Å². The molecule has 3 nitrogen and oxygen atoms in total. The molecule has 0 saturated heterocycles. The molecule has 0 amide bonds. The highest BCUT2D eigenvalue weighted by Gasteiger charge is 2.11. The van der Waals surface area contributed by atoms with Crippen LogP contribution in [-0.2, 0) is 0 Å². The molecule has 5 aromatic rings. The minimum absolute atomic E-state index is 0.231. The van der Waals surface area contributed by atoms with Crippen LogP contribution in [0.3, 0.4) is 0 Å². The fourth-order valence-electron chi connectivity index (χ4n) is 3.11. The Morgan fingerprint density at radius 2 is 1.29 bits per heavy atom. The third-order valence-electron chi connectivity index (χ3n) is 4.62. The highest BCUT2D eigenvalue weighted by molar-refractivity contribution is 7.22. The molecule has 0 fully saturated rings. The molecular formula is C22H16FN3S2. The lowest BCUT2D eigenvalue weighted by atomic mass is 10.2. The van der Waals surface area contributed by atoms with Crippen molar-refractivity contribution in [1.82, 2.24) is 9.97 Å². The lowest BCUT2D eigenvalue weighted by Gasteiger charge is -2.11. The van der Waals surface area contributed by atoms with Gasteiger partial charge < -0.3 is 4.90 Å². The van der Waals surface area contributed by atoms with Crippen LogP contribution in [0.4, 0.5) is 10.1 Å². The number of rotatable bonds is 3. The maximum absolute atomic E-state index is 13.5. The summed E-state index contributed by atoms with van der Waals surface area (Å²) in [6, 6.07) is 19.3. The predicted octanol–water partition coefficient (Wildman–Crippen LogP) is 6.45. The van der Waals surface area contributed by atoms with Crippen molar-refractivity contribution in [2.45, 2.75) is 0 Å². The Hall–Kier alpha value is -2.83. The first-order valence-corrected chi connectivity index (χ1v) is 10.4. The van der Waals surface area contributed by atoms with E-state index >= 15 is 0 Å². The van der Waals surface area contributed by atoms with Crippen LogP contribution in [-0.4, -0.2) is 24.1 Å². The standard InChI is InChI=1S/C22H16FN3S2/c1-26(2)16-7-3-13(4-8-16)21-24-17-9-5-14(11-19(17)27-21)22-25-18-10-6-15(23)12-20(18)28-22/h3-12H,1-2H3.